The van der Waals surface area contributed by atoms with Crippen molar-refractivity contribution >= 4 is 5.96 Å². The molecule has 0 unspecified atom stereocenters. The molecule has 0 bridgehead atoms. The van der Waals surface area contributed by atoms with E-state index in [0.29, 0.717) is 24.8 Å². The average Bonchev–Trinajstić information content (AvgIpc) is 2.64. The minimum absolute atomic E-state index is 0.219. The van der Waals surface area contributed by atoms with Crippen LogP contribution in [0.15, 0.2) is 47.5 Å². The van der Waals surface area contributed by atoms with Crippen molar-refractivity contribution in [2.24, 2.45) is 4.99 Å². The Morgan fingerprint density at radius 1 is 1.12 bits per heavy atom. The minimum Gasteiger partial charge on any atom is -0.508 e. The normalized spacial score (nSPS) is 11.1. The first kappa shape index (κ1) is 18.4. The van der Waals surface area contributed by atoms with Crippen molar-refractivity contribution in [2.45, 2.75) is 13.1 Å². The van der Waals surface area contributed by atoms with Gasteiger partial charge in [0.15, 0.2) is 5.96 Å². The van der Waals surface area contributed by atoms with Crippen molar-refractivity contribution in [3.8, 4) is 17.2 Å². The minimum atomic E-state index is 0.219. The highest BCUT2D eigenvalue weighted by Crippen LogP contribution is 2.23. The zero-order chi connectivity index (χ0) is 18.2. The van der Waals surface area contributed by atoms with Gasteiger partial charge in [-0.15, -0.1) is 0 Å². The zero-order valence-corrected chi connectivity index (χ0v) is 15.1. The Kier molecular flexibility index (Phi) is 6.51. The number of guanidine groups is 1. The molecule has 0 saturated heterocycles. The molecule has 0 aliphatic heterocycles. The maximum Gasteiger partial charge on any atom is 0.193 e. The Labute approximate surface area is 148 Å². The van der Waals surface area contributed by atoms with Crippen LogP contribution in [0.4, 0.5) is 0 Å². The van der Waals surface area contributed by atoms with E-state index in [0.717, 1.165) is 16.9 Å². The van der Waals surface area contributed by atoms with Crippen LogP contribution < -0.4 is 14.8 Å². The molecule has 0 heterocycles. The summed E-state index contributed by atoms with van der Waals surface area (Å²) in [5.74, 6) is 2.48. The number of ether oxygens (including phenoxy) is 2. The van der Waals surface area contributed by atoms with E-state index in [1.54, 1.807) is 39.5 Å². The van der Waals surface area contributed by atoms with Crippen LogP contribution in [0, 0.1) is 0 Å². The summed E-state index contributed by atoms with van der Waals surface area (Å²) in [4.78, 5) is 6.30. The van der Waals surface area contributed by atoms with E-state index in [2.05, 4.69) is 10.3 Å². The second-order valence-corrected chi connectivity index (χ2v) is 5.56. The highest BCUT2D eigenvalue weighted by atomic mass is 16.5. The summed E-state index contributed by atoms with van der Waals surface area (Å²) in [6.45, 7) is 1.08. The van der Waals surface area contributed by atoms with Gasteiger partial charge in [-0.05, 0) is 24.3 Å². The van der Waals surface area contributed by atoms with Gasteiger partial charge in [-0.3, -0.25) is 4.99 Å². The van der Waals surface area contributed by atoms with Crippen LogP contribution >= 0.6 is 0 Å². The number of nitrogens with one attached hydrogen (secondary N) is 1. The van der Waals surface area contributed by atoms with Crippen LogP contribution in [0.3, 0.4) is 0 Å². The van der Waals surface area contributed by atoms with Gasteiger partial charge < -0.3 is 24.8 Å². The molecule has 0 saturated carbocycles. The van der Waals surface area contributed by atoms with Gasteiger partial charge in [0.25, 0.3) is 0 Å². The molecular formula is C19H25N3O3. The molecule has 2 rings (SSSR count). The highest BCUT2D eigenvalue weighted by Gasteiger charge is 2.11. The van der Waals surface area contributed by atoms with Crippen LogP contribution in [-0.2, 0) is 13.1 Å². The second kappa shape index (κ2) is 8.82. The molecule has 2 N–H and O–H groups in total. The predicted octanol–water partition coefficient (Wildman–Crippen LogP) is 2.62. The van der Waals surface area contributed by atoms with Crippen molar-refractivity contribution in [1.82, 2.24) is 10.2 Å². The third-order valence-electron chi connectivity index (χ3n) is 3.90. The number of hydrogen-bond donors (Lipinski definition) is 2. The SMILES string of the molecule is CN=C(NCc1cc(OC)ccc1O)N(C)Cc1ccccc1OC. The standard InChI is InChI=1S/C19H25N3O3/c1-20-19(21-12-15-11-16(24-3)9-10-17(15)23)22(2)13-14-7-5-6-8-18(14)25-4/h5-11,23H,12-13H2,1-4H3,(H,20,21). The summed E-state index contributed by atoms with van der Waals surface area (Å²) in [6.07, 6.45) is 0. The number of aromatic hydroxyl groups is 1. The van der Waals surface area contributed by atoms with Gasteiger partial charge in [0.05, 0.1) is 14.2 Å². The lowest BCUT2D eigenvalue weighted by Crippen LogP contribution is -2.38. The molecule has 0 atom stereocenters. The first-order chi connectivity index (χ1) is 12.1. The Morgan fingerprint density at radius 3 is 2.56 bits per heavy atom. The number of aliphatic imine (C=N–C) groups is 1. The fourth-order valence-electron chi connectivity index (χ4n) is 2.55. The molecule has 2 aromatic rings. The lowest BCUT2D eigenvalue weighted by Gasteiger charge is -2.23. The summed E-state index contributed by atoms with van der Waals surface area (Å²) in [7, 11) is 6.95. The Bertz CT molecular complexity index is 732. The molecule has 0 aliphatic rings. The third kappa shape index (κ3) is 4.79. The smallest absolute Gasteiger partial charge is 0.193 e. The number of phenolic OH excluding ortho intramolecular Hbond substituents is 1. The lowest BCUT2D eigenvalue weighted by molar-refractivity contribution is 0.395. The number of methoxy groups -OCH3 is 2. The summed E-state index contributed by atoms with van der Waals surface area (Å²) < 4.78 is 10.6. The van der Waals surface area contributed by atoms with Crippen molar-refractivity contribution < 1.29 is 14.6 Å². The van der Waals surface area contributed by atoms with Crippen LogP contribution in [-0.4, -0.2) is 44.3 Å². The van der Waals surface area contributed by atoms with E-state index in [1.165, 1.54) is 0 Å². The van der Waals surface area contributed by atoms with Crippen molar-refractivity contribution in [1.29, 1.82) is 0 Å². The predicted molar refractivity (Wildman–Crippen MR) is 99.3 cm³/mol. The summed E-state index contributed by atoms with van der Waals surface area (Å²) >= 11 is 0. The van der Waals surface area contributed by atoms with Crippen LogP contribution in [0.1, 0.15) is 11.1 Å². The van der Waals surface area contributed by atoms with E-state index in [-0.39, 0.29) is 5.75 Å². The average molecular weight is 343 g/mol. The quantitative estimate of drug-likeness (QED) is 0.623. The van der Waals surface area contributed by atoms with E-state index >= 15 is 0 Å². The maximum atomic E-state index is 9.99. The molecular weight excluding hydrogens is 318 g/mol. The van der Waals surface area contributed by atoms with E-state index in [4.69, 9.17) is 9.47 Å². The van der Waals surface area contributed by atoms with Crippen molar-refractivity contribution in [2.75, 3.05) is 28.3 Å². The maximum absolute atomic E-state index is 9.99. The molecule has 25 heavy (non-hydrogen) atoms. The summed E-state index contributed by atoms with van der Waals surface area (Å²) in [5.41, 5.74) is 1.81. The van der Waals surface area contributed by atoms with Gasteiger partial charge in [0.2, 0.25) is 0 Å². The highest BCUT2D eigenvalue weighted by molar-refractivity contribution is 5.79. The number of para-hydroxylation sites is 1. The molecule has 6 heteroatoms. The number of rotatable bonds is 6. The van der Waals surface area contributed by atoms with Crippen molar-refractivity contribution in [3.63, 3.8) is 0 Å². The molecule has 0 radical (unpaired) electrons. The lowest BCUT2D eigenvalue weighted by atomic mass is 10.2. The molecule has 0 aromatic heterocycles. The van der Waals surface area contributed by atoms with E-state index < -0.39 is 0 Å². The number of hydrogen-bond acceptors (Lipinski definition) is 4. The third-order valence-corrected chi connectivity index (χ3v) is 3.90. The number of nitrogens with zero attached hydrogens (tertiary/aromatic N) is 2. The van der Waals surface area contributed by atoms with Gasteiger partial charge in [-0.25, -0.2) is 0 Å². The molecule has 134 valence electrons. The first-order valence-electron chi connectivity index (χ1n) is 7.98. The Hall–Kier alpha value is -2.89. The van der Waals surface area contributed by atoms with E-state index in [9.17, 15) is 5.11 Å². The molecule has 0 spiro atoms. The molecule has 0 aliphatic carbocycles. The topological polar surface area (TPSA) is 66.3 Å². The number of benzene rings is 2. The monoisotopic (exact) mass is 343 g/mol. The molecule has 2 aromatic carbocycles. The summed E-state index contributed by atoms with van der Waals surface area (Å²) in [6, 6.07) is 13.0. The molecule has 0 amide bonds. The van der Waals surface area contributed by atoms with Crippen molar-refractivity contribution in [3.05, 3.63) is 53.6 Å². The van der Waals surface area contributed by atoms with E-state index in [1.807, 2.05) is 36.2 Å². The first-order valence-corrected chi connectivity index (χ1v) is 7.98. The largest absolute Gasteiger partial charge is 0.508 e. The zero-order valence-electron chi connectivity index (χ0n) is 15.1. The van der Waals surface area contributed by atoms with Gasteiger partial charge in [0, 0.05) is 38.3 Å². The Balaban J connectivity index is 2.05. The van der Waals surface area contributed by atoms with Gasteiger partial charge in [0.1, 0.15) is 17.2 Å². The van der Waals surface area contributed by atoms with Gasteiger partial charge >= 0.3 is 0 Å². The second-order valence-electron chi connectivity index (χ2n) is 5.56. The fraction of sp³-hybridized carbons (Fsp3) is 0.316. The number of phenols is 1. The summed E-state index contributed by atoms with van der Waals surface area (Å²) in [5, 5.41) is 13.2. The molecule has 0 fully saturated rings. The molecule has 6 nitrogen and oxygen atoms in total. The van der Waals surface area contributed by atoms with Gasteiger partial charge in [-0.1, -0.05) is 18.2 Å². The van der Waals surface area contributed by atoms with Crippen LogP contribution in [0.5, 0.6) is 17.2 Å². The Morgan fingerprint density at radius 2 is 1.88 bits per heavy atom. The van der Waals surface area contributed by atoms with Crippen LogP contribution in [0.25, 0.3) is 0 Å². The van der Waals surface area contributed by atoms with Gasteiger partial charge in [-0.2, -0.15) is 0 Å². The fourth-order valence-corrected chi connectivity index (χ4v) is 2.55. The van der Waals surface area contributed by atoms with Crippen LogP contribution in [0.2, 0.25) is 0 Å².